The minimum atomic E-state index is -4.34. The van der Waals surface area contributed by atoms with E-state index in [0.29, 0.717) is 30.0 Å². The summed E-state index contributed by atoms with van der Waals surface area (Å²) < 4.78 is 45.6. The quantitative estimate of drug-likeness (QED) is 0.721. The number of rotatable bonds is 5. The number of halogens is 3. The van der Waals surface area contributed by atoms with Crippen LogP contribution in [0, 0.1) is 0 Å². The molecule has 0 radical (unpaired) electrons. The van der Waals surface area contributed by atoms with E-state index >= 15 is 0 Å². The van der Waals surface area contributed by atoms with Crippen LogP contribution in [0.25, 0.3) is 11.4 Å². The lowest BCUT2D eigenvalue weighted by atomic mass is 10.1. The van der Waals surface area contributed by atoms with Gasteiger partial charge in [0.2, 0.25) is 0 Å². The van der Waals surface area contributed by atoms with Crippen molar-refractivity contribution in [1.82, 2.24) is 30.3 Å². The van der Waals surface area contributed by atoms with Crippen molar-refractivity contribution in [2.75, 3.05) is 13.1 Å². The third kappa shape index (κ3) is 4.02. The Bertz CT molecular complexity index is 913. The fraction of sp³-hybridized carbons (Fsp3) is 0.333. The van der Waals surface area contributed by atoms with Gasteiger partial charge in [-0.25, -0.2) is 14.6 Å². The average Bonchev–Trinajstić information content (AvgIpc) is 3.36. The smallest absolute Gasteiger partial charge is 0.370 e. The number of nitrogens with zero attached hydrogens (tertiary/aromatic N) is 5. The molecule has 2 atom stereocenters. The van der Waals surface area contributed by atoms with Crippen LogP contribution < -0.4 is 5.32 Å². The topological polar surface area (TPSA) is 77.8 Å². The van der Waals surface area contributed by atoms with Crippen LogP contribution in [0.2, 0.25) is 0 Å². The molecule has 1 aliphatic heterocycles. The summed E-state index contributed by atoms with van der Waals surface area (Å²) in [5, 5.41) is 11.6. The summed E-state index contributed by atoms with van der Waals surface area (Å²) in [5.74, 6) is 0. The Labute approximate surface area is 158 Å². The van der Waals surface area contributed by atoms with Gasteiger partial charge in [-0.3, -0.25) is 0 Å². The van der Waals surface area contributed by atoms with E-state index in [2.05, 4.69) is 25.6 Å². The Morgan fingerprint density at radius 1 is 1.11 bits per heavy atom. The molecule has 1 fully saturated rings. The molecular formula is C18H17F3N6O. The van der Waals surface area contributed by atoms with Crippen LogP contribution in [-0.4, -0.2) is 44.2 Å². The van der Waals surface area contributed by atoms with Crippen LogP contribution in [0.4, 0.5) is 13.2 Å². The van der Waals surface area contributed by atoms with Crippen molar-refractivity contribution in [3.05, 3.63) is 60.2 Å². The first-order chi connectivity index (χ1) is 13.5. The zero-order valence-electron chi connectivity index (χ0n) is 14.7. The lowest BCUT2D eigenvalue weighted by Gasteiger charge is -2.19. The van der Waals surface area contributed by atoms with E-state index in [9.17, 15) is 13.2 Å². The van der Waals surface area contributed by atoms with Gasteiger partial charge in [-0.1, -0.05) is 17.3 Å². The number of hydrogen-bond acceptors (Lipinski definition) is 6. The summed E-state index contributed by atoms with van der Waals surface area (Å²) >= 11 is 0. The molecule has 28 heavy (non-hydrogen) atoms. The van der Waals surface area contributed by atoms with Gasteiger partial charge >= 0.3 is 6.18 Å². The molecule has 0 bridgehead atoms. The molecule has 146 valence electrons. The van der Waals surface area contributed by atoms with Crippen molar-refractivity contribution in [3.8, 4) is 11.4 Å². The van der Waals surface area contributed by atoms with Crippen molar-refractivity contribution in [3.63, 3.8) is 0 Å². The Kier molecular flexibility index (Phi) is 5.05. The molecular weight excluding hydrogens is 373 g/mol. The predicted octanol–water partition coefficient (Wildman–Crippen LogP) is 2.48. The standard InChI is InChI=1S/C18H17F3N6O/c19-18(20,21)13-3-1-12(2-4-13)10-28-17-8-23-7-16(17)27-9-15(25-26-27)14-5-6-22-11-24-14/h1-6,9,11,16-17,23H,7-8,10H2. The van der Waals surface area contributed by atoms with Gasteiger partial charge in [-0.15, -0.1) is 5.10 Å². The first kappa shape index (κ1) is 18.5. The van der Waals surface area contributed by atoms with E-state index in [1.165, 1.54) is 18.5 Å². The van der Waals surface area contributed by atoms with Gasteiger partial charge < -0.3 is 10.1 Å². The summed E-state index contributed by atoms with van der Waals surface area (Å²) in [5.41, 5.74) is 1.32. The SMILES string of the molecule is FC(F)(F)c1ccc(COC2CNCC2n2cc(-c3ccncn3)nn2)cc1. The van der Waals surface area contributed by atoms with Crippen LogP contribution in [0.15, 0.2) is 49.1 Å². The summed E-state index contributed by atoms with van der Waals surface area (Å²) in [4.78, 5) is 8.04. The Morgan fingerprint density at radius 2 is 1.93 bits per heavy atom. The van der Waals surface area contributed by atoms with Gasteiger partial charge in [-0.2, -0.15) is 13.2 Å². The molecule has 1 saturated heterocycles. The molecule has 3 aromatic rings. The number of nitrogens with one attached hydrogen (secondary N) is 1. The Morgan fingerprint density at radius 3 is 2.64 bits per heavy atom. The second-order valence-corrected chi connectivity index (χ2v) is 6.45. The lowest BCUT2D eigenvalue weighted by Crippen LogP contribution is -2.26. The highest BCUT2D eigenvalue weighted by Gasteiger charge is 2.31. The normalized spacial score (nSPS) is 19.8. The van der Waals surface area contributed by atoms with Crippen LogP contribution in [0.1, 0.15) is 17.2 Å². The van der Waals surface area contributed by atoms with E-state index < -0.39 is 11.7 Å². The van der Waals surface area contributed by atoms with Crippen molar-refractivity contribution in [2.24, 2.45) is 0 Å². The van der Waals surface area contributed by atoms with Gasteiger partial charge in [-0.05, 0) is 23.8 Å². The van der Waals surface area contributed by atoms with Crippen LogP contribution in [0.3, 0.4) is 0 Å². The fourth-order valence-corrected chi connectivity index (χ4v) is 3.07. The van der Waals surface area contributed by atoms with E-state index in [4.69, 9.17) is 4.74 Å². The number of aromatic nitrogens is 5. The second kappa shape index (κ2) is 7.64. The molecule has 7 nitrogen and oxygen atoms in total. The fourth-order valence-electron chi connectivity index (χ4n) is 3.07. The zero-order valence-corrected chi connectivity index (χ0v) is 14.7. The van der Waals surface area contributed by atoms with E-state index in [1.807, 2.05) is 0 Å². The maximum atomic E-state index is 12.7. The number of alkyl halides is 3. The molecule has 4 rings (SSSR count). The van der Waals surface area contributed by atoms with E-state index in [1.54, 1.807) is 23.1 Å². The zero-order chi connectivity index (χ0) is 19.6. The molecule has 1 N–H and O–H groups in total. The molecule has 10 heteroatoms. The van der Waals surface area contributed by atoms with Crippen molar-refractivity contribution < 1.29 is 17.9 Å². The van der Waals surface area contributed by atoms with E-state index in [-0.39, 0.29) is 18.8 Å². The first-order valence-corrected chi connectivity index (χ1v) is 8.67. The van der Waals surface area contributed by atoms with Gasteiger partial charge in [0.25, 0.3) is 0 Å². The molecule has 2 unspecified atom stereocenters. The van der Waals surface area contributed by atoms with Crippen LogP contribution in [-0.2, 0) is 17.5 Å². The second-order valence-electron chi connectivity index (χ2n) is 6.45. The molecule has 1 aliphatic rings. The molecule has 1 aromatic carbocycles. The minimum Gasteiger partial charge on any atom is -0.370 e. The summed E-state index contributed by atoms with van der Waals surface area (Å²) in [6.45, 7) is 1.49. The van der Waals surface area contributed by atoms with Gasteiger partial charge in [0.15, 0.2) is 0 Å². The van der Waals surface area contributed by atoms with Crippen molar-refractivity contribution in [2.45, 2.75) is 24.9 Å². The van der Waals surface area contributed by atoms with Gasteiger partial charge in [0, 0.05) is 19.3 Å². The van der Waals surface area contributed by atoms with E-state index in [0.717, 1.165) is 12.1 Å². The largest absolute Gasteiger partial charge is 0.416 e. The minimum absolute atomic E-state index is 0.0717. The Balaban J connectivity index is 1.41. The third-order valence-electron chi connectivity index (χ3n) is 4.57. The van der Waals surface area contributed by atoms with Crippen molar-refractivity contribution >= 4 is 0 Å². The summed E-state index contributed by atoms with van der Waals surface area (Å²) in [6, 6.07) is 6.67. The maximum absolute atomic E-state index is 12.7. The lowest BCUT2D eigenvalue weighted by molar-refractivity contribution is -0.137. The van der Waals surface area contributed by atoms with Gasteiger partial charge in [0.1, 0.15) is 12.0 Å². The number of hydrogen-bond donors (Lipinski definition) is 1. The molecule has 0 amide bonds. The highest BCUT2D eigenvalue weighted by Crippen LogP contribution is 2.29. The summed E-state index contributed by atoms with van der Waals surface area (Å²) in [6.07, 6.45) is 0.362. The molecule has 0 aliphatic carbocycles. The van der Waals surface area contributed by atoms with Crippen molar-refractivity contribution in [1.29, 1.82) is 0 Å². The summed E-state index contributed by atoms with van der Waals surface area (Å²) in [7, 11) is 0. The van der Waals surface area contributed by atoms with Crippen LogP contribution in [0.5, 0.6) is 0 Å². The average molecular weight is 390 g/mol. The maximum Gasteiger partial charge on any atom is 0.416 e. The Hall–Kier alpha value is -2.85. The monoisotopic (exact) mass is 390 g/mol. The highest BCUT2D eigenvalue weighted by molar-refractivity contribution is 5.50. The number of benzene rings is 1. The molecule has 2 aromatic heterocycles. The molecule has 0 spiro atoms. The predicted molar refractivity (Wildman–Crippen MR) is 93.0 cm³/mol. The third-order valence-corrected chi connectivity index (χ3v) is 4.57. The van der Waals surface area contributed by atoms with Gasteiger partial charge in [0.05, 0.1) is 36.2 Å². The first-order valence-electron chi connectivity index (χ1n) is 8.67. The number of ether oxygens (including phenoxy) is 1. The highest BCUT2D eigenvalue weighted by atomic mass is 19.4. The van der Waals surface area contributed by atoms with Crippen LogP contribution >= 0.6 is 0 Å². The molecule has 0 saturated carbocycles. The molecule has 3 heterocycles.